The van der Waals surface area contributed by atoms with Crippen molar-refractivity contribution in [2.24, 2.45) is 5.73 Å². The molecule has 0 saturated carbocycles. The Labute approximate surface area is 75.9 Å². The number of halogens is 1. The quantitative estimate of drug-likeness (QED) is 0.712. The lowest BCUT2D eigenvalue weighted by Gasteiger charge is -2.08. The van der Waals surface area contributed by atoms with E-state index in [4.69, 9.17) is 17.3 Å². The summed E-state index contributed by atoms with van der Waals surface area (Å²) in [7, 11) is 0. The summed E-state index contributed by atoms with van der Waals surface area (Å²) in [5.41, 5.74) is 6.10. The highest BCUT2D eigenvalue weighted by atomic mass is 35.5. The Hall–Kier alpha value is -0.580. The first kappa shape index (κ1) is 9.51. The molecular weight excluding hydrogens is 178 g/mol. The molecule has 0 saturated heterocycles. The van der Waals surface area contributed by atoms with Crippen molar-refractivity contribution in [1.82, 2.24) is 9.78 Å². The third kappa shape index (κ3) is 1.97. The van der Waals surface area contributed by atoms with Gasteiger partial charge in [-0.3, -0.25) is 4.68 Å². The normalized spacial score (nSPS) is 13.3. The standard InChI is InChI=1S/C7H12ClN3O/c1-5-7(8)3-10-11(5)4-6(12)2-9/h3,6,12H,2,4,9H2,1H3/t6-/m1/s1. The van der Waals surface area contributed by atoms with Crippen LogP contribution in [0.5, 0.6) is 0 Å². The van der Waals surface area contributed by atoms with Gasteiger partial charge in [0.25, 0.3) is 0 Å². The number of aromatic nitrogens is 2. The van der Waals surface area contributed by atoms with Crippen LogP contribution < -0.4 is 5.73 Å². The molecule has 0 aliphatic heterocycles. The maximum atomic E-state index is 9.22. The molecule has 5 heteroatoms. The van der Waals surface area contributed by atoms with Crippen LogP contribution in [0.3, 0.4) is 0 Å². The maximum absolute atomic E-state index is 9.22. The molecule has 68 valence electrons. The maximum Gasteiger partial charge on any atom is 0.0858 e. The first-order valence-electron chi connectivity index (χ1n) is 3.71. The van der Waals surface area contributed by atoms with Gasteiger partial charge in [0.1, 0.15) is 0 Å². The van der Waals surface area contributed by atoms with E-state index < -0.39 is 6.10 Å². The third-order valence-corrected chi connectivity index (χ3v) is 2.07. The predicted octanol–water partition coefficient (Wildman–Crippen LogP) is 0.165. The van der Waals surface area contributed by atoms with Gasteiger partial charge >= 0.3 is 0 Å². The molecule has 1 heterocycles. The Kier molecular flexibility index (Phi) is 3.08. The Balaban J connectivity index is 2.69. The van der Waals surface area contributed by atoms with E-state index in [1.807, 2.05) is 6.92 Å². The Morgan fingerprint density at radius 1 is 1.83 bits per heavy atom. The van der Waals surface area contributed by atoms with E-state index in [9.17, 15) is 5.11 Å². The van der Waals surface area contributed by atoms with Crippen LogP contribution in [0.25, 0.3) is 0 Å². The van der Waals surface area contributed by atoms with Gasteiger partial charge in [0, 0.05) is 6.54 Å². The fraction of sp³-hybridized carbons (Fsp3) is 0.571. The molecule has 0 fully saturated rings. The van der Waals surface area contributed by atoms with Gasteiger partial charge in [-0.1, -0.05) is 11.6 Å². The van der Waals surface area contributed by atoms with Crippen LogP contribution in [0.2, 0.25) is 5.02 Å². The summed E-state index contributed by atoms with van der Waals surface area (Å²) < 4.78 is 1.64. The largest absolute Gasteiger partial charge is 0.390 e. The van der Waals surface area contributed by atoms with Crippen molar-refractivity contribution in [3.05, 3.63) is 16.9 Å². The smallest absolute Gasteiger partial charge is 0.0858 e. The minimum Gasteiger partial charge on any atom is -0.390 e. The zero-order valence-corrected chi connectivity index (χ0v) is 7.62. The minimum absolute atomic E-state index is 0.233. The molecule has 0 radical (unpaired) electrons. The molecule has 0 bridgehead atoms. The summed E-state index contributed by atoms with van der Waals surface area (Å²) in [5.74, 6) is 0. The fourth-order valence-electron chi connectivity index (χ4n) is 0.882. The van der Waals surface area contributed by atoms with Gasteiger partial charge < -0.3 is 10.8 Å². The first-order valence-corrected chi connectivity index (χ1v) is 4.09. The summed E-state index contributed by atoms with van der Waals surface area (Å²) in [6.45, 7) is 2.48. The molecule has 3 N–H and O–H groups in total. The fourth-order valence-corrected chi connectivity index (χ4v) is 1.02. The molecule has 1 rings (SSSR count). The van der Waals surface area contributed by atoms with Crippen molar-refractivity contribution in [1.29, 1.82) is 0 Å². The van der Waals surface area contributed by atoms with Crippen LogP contribution in [0.4, 0.5) is 0 Å². The molecule has 0 spiro atoms. The second-order valence-electron chi connectivity index (χ2n) is 2.65. The number of nitrogens with two attached hydrogens (primary N) is 1. The number of aliphatic hydroxyl groups is 1. The van der Waals surface area contributed by atoms with Crippen LogP contribution in [0.1, 0.15) is 5.69 Å². The average molecular weight is 190 g/mol. The van der Waals surface area contributed by atoms with Crippen molar-refractivity contribution < 1.29 is 5.11 Å². The summed E-state index contributed by atoms with van der Waals surface area (Å²) in [4.78, 5) is 0. The second kappa shape index (κ2) is 3.89. The number of hydrogen-bond donors (Lipinski definition) is 2. The molecule has 0 aromatic carbocycles. The monoisotopic (exact) mass is 189 g/mol. The molecule has 0 amide bonds. The van der Waals surface area contributed by atoms with E-state index in [2.05, 4.69) is 5.10 Å². The zero-order chi connectivity index (χ0) is 9.14. The molecular formula is C7H12ClN3O. The zero-order valence-electron chi connectivity index (χ0n) is 6.87. The number of rotatable bonds is 3. The lowest BCUT2D eigenvalue weighted by molar-refractivity contribution is 0.156. The van der Waals surface area contributed by atoms with Crippen LogP contribution in [0, 0.1) is 6.92 Å². The van der Waals surface area contributed by atoms with Gasteiger partial charge in [-0.05, 0) is 6.92 Å². The highest BCUT2D eigenvalue weighted by Crippen LogP contribution is 2.13. The van der Waals surface area contributed by atoms with Gasteiger partial charge in [0.15, 0.2) is 0 Å². The van der Waals surface area contributed by atoms with Crippen molar-refractivity contribution in [2.75, 3.05) is 6.54 Å². The van der Waals surface area contributed by atoms with Crippen molar-refractivity contribution in [2.45, 2.75) is 19.6 Å². The predicted molar refractivity (Wildman–Crippen MR) is 47.0 cm³/mol. The molecule has 1 aromatic rings. The number of nitrogens with zero attached hydrogens (tertiary/aromatic N) is 2. The van der Waals surface area contributed by atoms with Gasteiger partial charge in [-0.15, -0.1) is 0 Å². The lowest BCUT2D eigenvalue weighted by Crippen LogP contribution is -2.26. The second-order valence-corrected chi connectivity index (χ2v) is 3.06. The first-order chi connectivity index (χ1) is 5.65. The van der Waals surface area contributed by atoms with E-state index in [1.165, 1.54) is 0 Å². The van der Waals surface area contributed by atoms with Crippen molar-refractivity contribution in [3.63, 3.8) is 0 Å². The molecule has 4 nitrogen and oxygen atoms in total. The van der Waals surface area contributed by atoms with E-state index in [1.54, 1.807) is 10.9 Å². The Morgan fingerprint density at radius 3 is 2.92 bits per heavy atom. The van der Waals surface area contributed by atoms with Crippen LogP contribution in [0.15, 0.2) is 6.20 Å². The van der Waals surface area contributed by atoms with Gasteiger partial charge in [0.05, 0.1) is 29.6 Å². The van der Waals surface area contributed by atoms with Gasteiger partial charge in [0.2, 0.25) is 0 Å². The van der Waals surface area contributed by atoms with Crippen molar-refractivity contribution in [3.8, 4) is 0 Å². The Bertz CT molecular complexity index is 261. The van der Waals surface area contributed by atoms with E-state index in [-0.39, 0.29) is 6.54 Å². The topological polar surface area (TPSA) is 64.1 Å². The molecule has 0 aliphatic rings. The highest BCUT2D eigenvalue weighted by molar-refractivity contribution is 6.31. The molecule has 0 unspecified atom stereocenters. The van der Waals surface area contributed by atoms with E-state index in [0.717, 1.165) is 5.69 Å². The summed E-state index contributed by atoms with van der Waals surface area (Å²) in [5, 5.41) is 13.8. The Morgan fingerprint density at radius 2 is 2.50 bits per heavy atom. The molecule has 12 heavy (non-hydrogen) atoms. The van der Waals surface area contributed by atoms with Crippen molar-refractivity contribution >= 4 is 11.6 Å². The molecule has 1 atom stereocenters. The van der Waals surface area contributed by atoms with Crippen LogP contribution >= 0.6 is 11.6 Å². The summed E-state index contributed by atoms with van der Waals surface area (Å²) in [6, 6.07) is 0. The lowest BCUT2D eigenvalue weighted by atomic mass is 10.3. The van der Waals surface area contributed by atoms with E-state index in [0.29, 0.717) is 11.6 Å². The van der Waals surface area contributed by atoms with Gasteiger partial charge in [-0.2, -0.15) is 5.10 Å². The van der Waals surface area contributed by atoms with Crippen LogP contribution in [-0.4, -0.2) is 27.5 Å². The number of hydrogen-bond acceptors (Lipinski definition) is 3. The minimum atomic E-state index is -0.556. The van der Waals surface area contributed by atoms with E-state index >= 15 is 0 Å². The average Bonchev–Trinajstić information content (AvgIpc) is 2.36. The summed E-state index contributed by atoms with van der Waals surface area (Å²) in [6.07, 6.45) is 1.000. The summed E-state index contributed by atoms with van der Waals surface area (Å²) >= 11 is 5.76. The molecule has 0 aliphatic carbocycles. The highest BCUT2D eigenvalue weighted by Gasteiger charge is 2.07. The van der Waals surface area contributed by atoms with Gasteiger partial charge in [-0.25, -0.2) is 0 Å². The third-order valence-electron chi connectivity index (χ3n) is 1.70. The van der Waals surface area contributed by atoms with Crippen LogP contribution in [-0.2, 0) is 6.54 Å². The molecule has 1 aromatic heterocycles. The number of aliphatic hydroxyl groups excluding tert-OH is 1. The SMILES string of the molecule is Cc1c(Cl)cnn1C[C@H](O)CN.